The lowest BCUT2D eigenvalue weighted by molar-refractivity contribution is 0.316. The van der Waals surface area contributed by atoms with Crippen molar-refractivity contribution in [3.8, 4) is 5.95 Å². The summed E-state index contributed by atoms with van der Waals surface area (Å²) in [4.78, 5) is 13.8. The molecule has 2 N–H and O–H groups in total. The van der Waals surface area contributed by atoms with Crippen molar-refractivity contribution in [2.45, 2.75) is 5.92 Å². The molecular weight excluding hydrogens is 254 g/mol. The van der Waals surface area contributed by atoms with Crippen LogP contribution in [0.15, 0.2) is 51.7 Å². The van der Waals surface area contributed by atoms with Crippen LogP contribution in [0, 0.1) is 0 Å². The number of nitrogens with one attached hydrogen (secondary N) is 1. The lowest BCUT2D eigenvalue weighted by Gasteiger charge is -2.19. The van der Waals surface area contributed by atoms with Gasteiger partial charge in [-0.3, -0.25) is 4.98 Å². The van der Waals surface area contributed by atoms with Crippen molar-refractivity contribution in [3.63, 3.8) is 0 Å². The fourth-order valence-electron chi connectivity index (χ4n) is 2.90. The van der Waals surface area contributed by atoms with Crippen LogP contribution in [0.4, 0.5) is 0 Å². The molecule has 4 nitrogen and oxygen atoms in total. The number of aromatic nitrogens is 1. The first kappa shape index (κ1) is 11.1. The summed E-state index contributed by atoms with van der Waals surface area (Å²) in [5.74, 6) is -1.20. The SMILES string of the molecule is O=c1[nH]c(C2C=Cc3cccc4cccc2c34)c(O)o1. The summed E-state index contributed by atoms with van der Waals surface area (Å²) in [5.41, 5.74) is 2.58. The van der Waals surface area contributed by atoms with Gasteiger partial charge < -0.3 is 9.52 Å². The van der Waals surface area contributed by atoms with Gasteiger partial charge in [-0.1, -0.05) is 48.6 Å². The molecule has 20 heavy (non-hydrogen) atoms. The number of oxazole rings is 1. The van der Waals surface area contributed by atoms with Crippen LogP contribution in [0.3, 0.4) is 0 Å². The maximum absolute atomic E-state index is 11.2. The fraction of sp³-hybridized carbons (Fsp3) is 0.0625. The van der Waals surface area contributed by atoms with Gasteiger partial charge in [0.05, 0.1) is 5.92 Å². The Kier molecular flexibility index (Phi) is 2.15. The molecule has 0 spiro atoms. The van der Waals surface area contributed by atoms with E-state index in [2.05, 4.69) is 27.6 Å². The van der Waals surface area contributed by atoms with Gasteiger partial charge in [0.25, 0.3) is 0 Å². The molecule has 0 radical (unpaired) electrons. The number of aromatic amines is 1. The predicted molar refractivity (Wildman–Crippen MR) is 75.8 cm³/mol. The molecule has 4 heteroatoms. The molecule has 0 amide bonds. The fourth-order valence-corrected chi connectivity index (χ4v) is 2.90. The van der Waals surface area contributed by atoms with Crippen molar-refractivity contribution in [2.24, 2.45) is 0 Å². The van der Waals surface area contributed by atoms with Crippen LogP contribution in [0.2, 0.25) is 0 Å². The van der Waals surface area contributed by atoms with E-state index in [1.165, 1.54) is 0 Å². The zero-order chi connectivity index (χ0) is 13.7. The van der Waals surface area contributed by atoms with E-state index in [4.69, 9.17) is 0 Å². The highest BCUT2D eigenvalue weighted by Gasteiger charge is 2.24. The summed E-state index contributed by atoms with van der Waals surface area (Å²) in [6.07, 6.45) is 3.96. The van der Waals surface area contributed by atoms with Crippen LogP contribution in [0.1, 0.15) is 22.7 Å². The Balaban J connectivity index is 2.03. The Bertz CT molecular complexity index is 896. The summed E-state index contributed by atoms with van der Waals surface area (Å²) in [6, 6.07) is 12.2. The number of aromatic hydroxyl groups is 1. The minimum absolute atomic E-state index is 0.208. The molecule has 1 aliphatic rings. The number of allylic oxidation sites excluding steroid dienone is 1. The van der Waals surface area contributed by atoms with Crippen LogP contribution in [0.5, 0.6) is 5.95 Å². The molecule has 4 rings (SSSR count). The van der Waals surface area contributed by atoms with Gasteiger partial charge in [0, 0.05) is 0 Å². The normalized spacial score (nSPS) is 16.7. The summed E-state index contributed by atoms with van der Waals surface area (Å²) in [5, 5.41) is 12.0. The second-order valence-electron chi connectivity index (χ2n) is 4.86. The van der Waals surface area contributed by atoms with Crippen LogP contribution >= 0.6 is 0 Å². The zero-order valence-electron chi connectivity index (χ0n) is 10.5. The number of rotatable bonds is 1. The molecule has 1 atom stereocenters. The summed E-state index contributed by atoms with van der Waals surface area (Å²) in [7, 11) is 0. The first-order chi connectivity index (χ1) is 9.74. The van der Waals surface area contributed by atoms with E-state index in [0.29, 0.717) is 5.69 Å². The molecule has 98 valence electrons. The summed E-state index contributed by atoms with van der Waals surface area (Å²) < 4.78 is 4.66. The third-order valence-corrected chi connectivity index (χ3v) is 3.74. The molecule has 0 aliphatic heterocycles. The van der Waals surface area contributed by atoms with Gasteiger partial charge in [0.1, 0.15) is 5.69 Å². The lowest BCUT2D eigenvalue weighted by Crippen LogP contribution is -2.06. The van der Waals surface area contributed by atoms with E-state index in [9.17, 15) is 9.90 Å². The molecule has 0 fully saturated rings. The average molecular weight is 265 g/mol. The molecule has 0 saturated carbocycles. The van der Waals surface area contributed by atoms with E-state index < -0.39 is 5.76 Å². The predicted octanol–water partition coefficient (Wildman–Crippen LogP) is 2.99. The zero-order valence-corrected chi connectivity index (χ0v) is 10.5. The molecule has 1 heterocycles. The van der Waals surface area contributed by atoms with E-state index in [-0.39, 0.29) is 11.9 Å². The summed E-state index contributed by atoms with van der Waals surface area (Å²) in [6.45, 7) is 0. The Morgan fingerprint density at radius 1 is 1.15 bits per heavy atom. The van der Waals surface area contributed by atoms with Crippen LogP contribution < -0.4 is 5.76 Å². The van der Waals surface area contributed by atoms with Crippen molar-refractivity contribution in [1.29, 1.82) is 0 Å². The topological polar surface area (TPSA) is 66.2 Å². The molecule has 1 unspecified atom stereocenters. The number of hydrogen-bond acceptors (Lipinski definition) is 3. The van der Waals surface area contributed by atoms with E-state index >= 15 is 0 Å². The van der Waals surface area contributed by atoms with Gasteiger partial charge >= 0.3 is 11.7 Å². The first-order valence-corrected chi connectivity index (χ1v) is 6.36. The first-order valence-electron chi connectivity index (χ1n) is 6.36. The quantitative estimate of drug-likeness (QED) is 0.710. The van der Waals surface area contributed by atoms with Gasteiger partial charge in [-0.05, 0) is 21.9 Å². The number of hydrogen-bond donors (Lipinski definition) is 2. The molecule has 1 aromatic heterocycles. The highest BCUT2D eigenvalue weighted by Crippen LogP contribution is 2.39. The maximum Gasteiger partial charge on any atom is 0.419 e. The molecule has 0 bridgehead atoms. The van der Waals surface area contributed by atoms with Crippen molar-refractivity contribution >= 4 is 16.8 Å². The second kappa shape index (κ2) is 3.87. The van der Waals surface area contributed by atoms with Crippen LogP contribution in [-0.2, 0) is 0 Å². The van der Waals surface area contributed by atoms with Crippen LogP contribution in [-0.4, -0.2) is 10.1 Å². The molecule has 2 aromatic carbocycles. The third-order valence-electron chi connectivity index (χ3n) is 3.74. The third kappa shape index (κ3) is 1.45. The average Bonchev–Trinajstić information content (AvgIpc) is 2.79. The molecule has 0 saturated heterocycles. The van der Waals surface area contributed by atoms with E-state index in [1.807, 2.05) is 30.4 Å². The smallest absolute Gasteiger partial charge is 0.419 e. The number of H-pyrrole nitrogens is 1. The summed E-state index contributed by atoms with van der Waals surface area (Å²) >= 11 is 0. The lowest BCUT2D eigenvalue weighted by atomic mass is 9.84. The second-order valence-corrected chi connectivity index (χ2v) is 4.86. The minimum Gasteiger partial charge on any atom is -0.479 e. The van der Waals surface area contributed by atoms with E-state index in [1.54, 1.807) is 0 Å². The van der Waals surface area contributed by atoms with Gasteiger partial charge in [-0.25, -0.2) is 4.79 Å². The Hall–Kier alpha value is -2.75. The monoisotopic (exact) mass is 265 g/mol. The van der Waals surface area contributed by atoms with Gasteiger partial charge in [0.2, 0.25) is 0 Å². The standard InChI is InChI=1S/C16H11NO3/c18-15-14(17-16(19)20-15)12-8-7-10-4-1-3-9-5-2-6-11(12)13(9)10/h1-8,12,18H,(H,17,19). The van der Waals surface area contributed by atoms with Gasteiger partial charge in [-0.15, -0.1) is 0 Å². The van der Waals surface area contributed by atoms with Crippen molar-refractivity contribution in [3.05, 3.63) is 69.8 Å². The van der Waals surface area contributed by atoms with Gasteiger partial charge in [-0.2, -0.15) is 0 Å². The highest BCUT2D eigenvalue weighted by molar-refractivity contribution is 5.96. The minimum atomic E-state index is -0.642. The molecule has 3 aromatic rings. The van der Waals surface area contributed by atoms with Crippen molar-refractivity contribution in [1.82, 2.24) is 4.98 Å². The Labute approximate surface area is 114 Å². The number of benzene rings is 2. The van der Waals surface area contributed by atoms with E-state index in [0.717, 1.165) is 21.9 Å². The largest absolute Gasteiger partial charge is 0.479 e. The van der Waals surface area contributed by atoms with Crippen LogP contribution in [0.25, 0.3) is 16.8 Å². The molecule has 1 aliphatic carbocycles. The Morgan fingerprint density at radius 3 is 2.70 bits per heavy atom. The molecular formula is C16H11NO3. The maximum atomic E-state index is 11.2. The van der Waals surface area contributed by atoms with Gasteiger partial charge in [0.15, 0.2) is 0 Å². The van der Waals surface area contributed by atoms with Crippen molar-refractivity contribution < 1.29 is 9.52 Å². The Morgan fingerprint density at radius 2 is 1.95 bits per heavy atom. The van der Waals surface area contributed by atoms with Crippen molar-refractivity contribution in [2.75, 3.05) is 0 Å². The highest BCUT2D eigenvalue weighted by atomic mass is 16.5.